The molecule has 3 rings (SSSR count). The number of fused-ring (bicyclic) bond motifs is 1. The van der Waals surface area contributed by atoms with Gasteiger partial charge in [-0.2, -0.15) is 0 Å². The van der Waals surface area contributed by atoms with Gasteiger partial charge in [-0.1, -0.05) is 6.07 Å². The van der Waals surface area contributed by atoms with E-state index >= 15 is 0 Å². The van der Waals surface area contributed by atoms with Gasteiger partial charge in [0.2, 0.25) is 0 Å². The van der Waals surface area contributed by atoms with Crippen LogP contribution in [0, 0.1) is 5.92 Å². The Morgan fingerprint density at radius 3 is 2.63 bits per heavy atom. The summed E-state index contributed by atoms with van der Waals surface area (Å²) in [4.78, 5) is 11.1. The van der Waals surface area contributed by atoms with E-state index in [1.54, 1.807) is 7.11 Å². The van der Waals surface area contributed by atoms with Crippen LogP contribution in [0.25, 0.3) is 0 Å². The van der Waals surface area contributed by atoms with Crippen molar-refractivity contribution >= 4 is 5.97 Å². The summed E-state index contributed by atoms with van der Waals surface area (Å²) < 4.78 is 5.52. The lowest BCUT2D eigenvalue weighted by atomic mass is 9.88. The molecule has 0 spiro atoms. The summed E-state index contributed by atoms with van der Waals surface area (Å²) in [6, 6.07) is 4.35. The van der Waals surface area contributed by atoms with Crippen molar-refractivity contribution in [2.45, 2.75) is 44.4 Å². The summed E-state index contributed by atoms with van der Waals surface area (Å²) in [6.45, 7) is 0. The Labute approximate surface area is 113 Å². The van der Waals surface area contributed by atoms with E-state index in [0.717, 1.165) is 37.0 Å². The fourth-order valence-electron chi connectivity index (χ4n) is 3.30. The van der Waals surface area contributed by atoms with Crippen molar-refractivity contribution in [3.8, 4) is 5.75 Å². The maximum absolute atomic E-state index is 11.1. The number of methoxy groups -OCH3 is 1. The van der Waals surface area contributed by atoms with Crippen molar-refractivity contribution in [3.63, 3.8) is 0 Å². The minimum absolute atomic E-state index is 0.123. The second-order valence-electron chi connectivity index (χ2n) is 5.76. The van der Waals surface area contributed by atoms with Crippen LogP contribution in [-0.2, 0) is 17.6 Å². The molecule has 19 heavy (non-hydrogen) atoms. The topological polar surface area (TPSA) is 46.5 Å². The Morgan fingerprint density at radius 1 is 1.37 bits per heavy atom. The zero-order chi connectivity index (χ0) is 13.4. The predicted octanol–water partition coefficient (Wildman–Crippen LogP) is 3.15. The lowest BCUT2D eigenvalue weighted by Crippen LogP contribution is -2.10. The third-order valence-corrected chi connectivity index (χ3v) is 4.43. The van der Waals surface area contributed by atoms with E-state index in [4.69, 9.17) is 9.84 Å². The molecule has 2 aliphatic rings. The lowest BCUT2D eigenvalue weighted by molar-refractivity contribution is -0.137. The van der Waals surface area contributed by atoms with E-state index in [1.165, 1.54) is 17.5 Å². The molecule has 1 atom stereocenters. The molecule has 1 fully saturated rings. The Morgan fingerprint density at radius 2 is 2.05 bits per heavy atom. The molecule has 0 heterocycles. The monoisotopic (exact) mass is 260 g/mol. The molecule has 2 aliphatic carbocycles. The summed E-state index contributed by atoms with van der Waals surface area (Å²) in [6.07, 6.45) is 5.97. The van der Waals surface area contributed by atoms with Crippen molar-refractivity contribution in [2.75, 3.05) is 7.11 Å². The first-order valence-corrected chi connectivity index (χ1v) is 7.10. The molecule has 1 aromatic carbocycles. The Hall–Kier alpha value is -1.51. The molecular formula is C16H20O3. The van der Waals surface area contributed by atoms with E-state index in [9.17, 15) is 4.79 Å². The normalized spacial score (nSPS) is 19.0. The Kier molecular flexibility index (Phi) is 3.21. The number of carboxylic acids is 1. The highest BCUT2D eigenvalue weighted by atomic mass is 16.5. The first-order chi connectivity index (χ1) is 9.19. The van der Waals surface area contributed by atoms with Crippen molar-refractivity contribution in [3.05, 3.63) is 28.8 Å². The highest BCUT2D eigenvalue weighted by molar-refractivity contribution is 5.68. The van der Waals surface area contributed by atoms with Crippen LogP contribution in [0.3, 0.4) is 0 Å². The van der Waals surface area contributed by atoms with Crippen molar-refractivity contribution in [1.29, 1.82) is 0 Å². The third-order valence-electron chi connectivity index (χ3n) is 4.43. The van der Waals surface area contributed by atoms with Crippen LogP contribution in [0.2, 0.25) is 0 Å². The molecule has 3 nitrogen and oxygen atoms in total. The number of aliphatic carboxylic acids is 1. The maximum atomic E-state index is 11.1. The molecule has 0 bridgehead atoms. The maximum Gasteiger partial charge on any atom is 0.303 e. The highest BCUT2D eigenvalue weighted by Gasteiger charge is 2.36. The van der Waals surface area contributed by atoms with Gasteiger partial charge in [-0.25, -0.2) is 0 Å². The summed E-state index contributed by atoms with van der Waals surface area (Å²) in [5.74, 6) is 0.834. The van der Waals surface area contributed by atoms with Gasteiger partial charge in [-0.3, -0.25) is 4.79 Å². The van der Waals surface area contributed by atoms with Crippen LogP contribution in [0.15, 0.2) is 12.1 Å². The first kappa shape index (κ1) is 12.5. The van der Waals surface area contributed by atoms with Crippen LogP contribution in [0.1, 0.15) is 48.3 Å². The lowest BCUT2D eigenvalue weighted by Gasteiger charge is -2.19. The molecule has 0 aromatic heterocycles. The molecule has 102 valence electrons. The second kappa shape index (κ2) is 4.87. The van der Waals surface area contributed by atoms with Gasteiger partial charge < -0.3 is 9.84 Å². The van der Waals surface area contributed by atoms with E-state index < -0.39 is 5.97 Å². The van der Waals surface area contributed by atoms with E-state index in [-0.39, 0.29) is 12.3 Å². The minimum Gasteiger partial charge on any atom is -0.496 e. The fraction of sp³-hybridized carbons (Fsp3) is 0.562. The molecule has 0 amide bonds. The standard InChI is InChI=1S/C16H20O3/c1-19-15-8-12-4-2-3-11(12)7-14(15)13(9-16(17)18)10-5-6-10/h7-8,10,13H,2-6,9H2,1H3,(H,17,18). The molecule has 1 N–H and O–H groups in total. The van der Waals surface area contributed by atoms with Crippen LogP contribution in [0.5, 0.6) is 5.75 Å². The number of hydrogen-bond donors (Lipinski definition) is 1. The number of rotatable bonds is 5. The number of aryl methyl sites for hydroxylation is 2. The molecule has 1 saturated carbocycles. The highest BCUT2D eigenvalue weighted by Crippen LogP contribution is 2.48. The summed E-state index contributed by atoms with van der Waals surface area (Å²) in [7, 11) is 1.69. The predicted molar refractivity (Wildman–Crippen MR) is 72.7 cm³/mol. The van der Waals surface area contributed by atoms with Gasteiger partial charge in [0, 0.05) is 5.92 Å². The van der Waals surface area contributed by atoms with Gasteiger partial charge in [0.1, 0.15) is 5.75 Å². The first-order valence-electron chi connectivity index (χ1n) is 7.10. The van der Waals surface area contributed by atoms with Crippen molar-refractivity contribution in [1.82, 2.24) is 0 Å². The molecule has 0 saturated heterocycles. The molecule has 3 heteroatoms. The van der Waals surface area contributed by atoms with Crippen LogP contribution >= 0.6 is 0 Å². The van der Waals surface area contributed by atoms with E-state index in [2.05, 4.69) is 12.1 Å². The minimum atomic E-state index is -0.709. The molecule has 1 unspecified atom stereocenters. The molecule has 0 radical (unpaired) electrons. The fourth-order valence-corrected chi connectivity index (χ4v) is 3.30. The number of benzene rings is 1. The molecule has 1 aromatic rings. The smallest absolute Gasteiger partial charge is 0.303 e. The SMILES string of the molecule is COc1cc2c(cc1C(CC(=O)O)C1CC1)CCC2. The van der Waals surface area contributed by atoms with Crippen LogP contribution in [0.4, 0.5) is 0 Å². The van der Waals surface area contributed by atoms with Gasteiger partial charge in [-0.15, -0.1) is 0 Å². The largest absolute Gasteiger partial charge is 0.496 e. The number of ether oxygens (including phenoxy) is 1. The van der Waals surface area contributed by atoms with Gasteiger partial charge in [-0.05, 0) is 60.8 Å². The van der Waals surface area contributed by atoms with E-state index in [0.29, 0.717) is 5.92 Å². The summed E-state index contributed by atoms with van der Waals surface area (Å²) >= 11 is 0. The van der Waals surface area contributed by atoms with Crippen molar-refractivity contribution in [2.24, 2.45) is 5.92 Å². The van der Waals surface area contributed by atoms with E-state index in [1.807, 2.05) is 0 Å². The zero-order valence-electron chi connectivity index (χ0n) is 11.3. The van der Waals surface area contributed by atoms with Gasteiger partial charge in [0.15, 0.2) is 0 Å². The van der Waals surface area contributed by atoms with Gasteiger partial charge in [0.25, 0.3) is 0 Å². The third kappa shape index (κ3) is 2.46. The van der Waals surface area contributed by atoms with Crippen LogP contribution < -0.4 is 4.74 Å². The summed E-state index contributed by atoms with van der Waals surface area (Å²) in [5, 5.41) is 9.14. The summed E-state index contributed by atoms with van der Waals surface area (Å²) in [5.41, 5.74) is 3.89. The number of hydrogen-bond acceptors (Lipinski definition) is 2. The zero-order valence-corrected chi connectivity index (χ0v) is 11.3. The van der Waals surface area contributed by atoms with Crippen molar-refractivity contribution < 1.29 is 14.6 Å². The van der Waals surface area contributed by atoms with Gasteiger partial charge in [0.05, 0.1) is 13.5 Å². The van der Waals surface area contributed by atoms with Gasteiger partial charge >= 0.3 is 5.97 Å². The average molecular weight is 260 g/mol. The van der Waals surface area contributed by atoms with Crippen LogP contribution in [-0.4, -0.2) is 18.2 Å². The molecular weight excluding hydrogens is 240 g/mol. The number of carboxylic acid groups (broad SMARTS) is 1. The molecule has 0 aliphatic heterocycles. The Bertz CT molecular complexity index is 503. The number of carbonyl (C=O) groups is 1. The second-order valence-corrected chi connectivity index (χ2v) is 5.76. The Balaban J connectivity index is 1.99. The average Bonchev–Trinajstić information content (AvgIpc) is 3.12. The quantitative estimate of drug-likeness (QED) is 0.884.